The van der Waals surface area contributed by atoms with Crippen molar-refractivity contribution in [2.45, 2.75) is 19.3 Å². The molecule has 0 aliphatic heterocycles. The Morgan fingerprint density at radius 1 is 0.423 bits per heavy atom. The Balaban J connectivity index is 1.25. The van der Waals surface area contributed by atoms with E-state index in [0.29, 0.717) is 17.5 Å². The van der Waals surface area contributed by atoms with Crippen LogP contribution in [0.2, 0.25) is 0 Å². The summed E-state index contributed by atoms with van der Waals surface area (Å²) in [6, 6.07) is 60.1. The summed E-state index contributed by atoms with van der Waals surface area (Å²) >= 11 is 0. The maximum Gasteiger partial charge on any atom is 0.164 e. The maximum atomic E-state index is 5.08. The third-order valence-electron chi connectivity index (χ3n) is 10.6. The normalized spacial score (nSPS) is 13.0. The lowest BCUT2D eigenvalue weighted by Crippen LogP contribution is -2.16. The molecular weight excluding hydrogens is 633 g/mol. The summed E-state index contributed by atoms with van der Waals surface area (Å²) in [5.41, 5.74) is 13.8. The molecule has 0 bridgehead atoms. The number of aromatic nitrogens is 4. The van der Waals surface area contributed by atoms with Crippen molar-refractivity contribution in [2.24, 2.45) is 0 Å². The van der Waals surface area contributed by atoms with Gasteiger partial charge < -0.3 is 4.57 Å². The SMILES string of the molecule is CC1(C)c2ccccc2-c2ccc3c4ccc(-c5ccccc5)cc4n(-c4cccc(-c5nc(-c6ccccc6)nc(-c6ccccc6)n5)c4)c3c21. The Labute approximate surface area is 302 Å². The average Bonchev–Trinajstić information content (AvgIpc) is 3.66. The highest BCUT2D eigenvalue weighted by molar-refractivity contribution is 6.14. The standard InChI is InChI=1S/C48H34N4/c1-48(2)41-24-13-12-23-37(41)39-27-28-40-38-26-25-34(31-15-6-3-7-16-31)30-42(38)52(44(40)43(39)48)36-22-14-21-35(29-36)47-50-45(32-17-8-4-9-18-32)49-46(51-47)33-19-10-5-11-20-33/h3-30H,1-2H3. The van der Waals surface area contributed by atoms with Crippen LogP contribution in [-0.4, -0.2) is 19.5 Å². The molecule has 10 rings (SSSR count). The van der Waals surface area contributed by atoms with E-state index >= 15 is 0 Å². The largest absolute Gasteiger partial charge is 0.309 e. The second kappa shape index (κ2) is 11.7. The molecule has 0 amide bonds. The van der Waals surface area contributed by atoms with E-state index in [1.807, 2.05) is 60.7 Å². The van der Waals surface area contributed by atoms with E-state index in [1.54, 1.807) is 0 Å². The van der Waals surface area contributed by atoms with Crippen LogP contribution in [0.4, 0.5) is 0 Å². The first kappa shape index (κ1) is 30.2. The number of benzene rings is 7. The van der Waals surface area contributed by atoms with Gasteiger partial charge in [-0.25, -0.2) is 15.0 Å². The molecule has 0 unspecified atom stereocenters. The molecule has 7 aromatic carbocycles. The molecule has 2 aromatic heterocycles. The quantitative estimate of drug-likeness (QED) is 0.184. The molecular formula is C48H34N4. The van der Waals surface area contributed by atoms with Crippen molar-refractivity contribution in [3.8, 4) is 62.1 Å². The maximum absolute atomic E-state index is 5.08. The molecule has 0 radical (unpaired) electrons. The molecule has 0 saturated carbocycles. The van der Waals surface area contributed by atoms with Crippen LogP contribution in [0.5, 0.6) is 0 Å². The van der Waals surface area contributed by atoms with Crippen LogP contribution in [0.3, 0.4) is 0 Å². The number of nitrogens with zero attached hydrogens (tertiary/aromatic N) is 4. The number of hydrogen-bond acceptors (Lipinski definition) is 3. The highest BCUT2D eigenvalue weighted by Crippen LogP contribution is 2.53. The van der Waals surface area contributed by atoms with Crippen LogP contribution in [-0.2, 0) is 5.41 Å². The Bertz CT molecular complexity index is 2740. The minimum atomic E-state index is -0.194. The summed E-state index contributed by atoms with van der Waals surface area (Å²) in [5.74, 6) is 1.94. The fourth-order valence-electron chi connectivity index (χ4n) is 8.16. The lowest BCUT2D eigenvalue weighted by molar-refractivity contribution is 0.664. The van der Waals surface area contributed by atoms with Crippen molar-refractivity contribution in [3.63, 3.8) is 0 Å². The van der Waals surface area contributed by atoms with E-state index in [1.165, 1.54) is 55.2 Å². The van der Waals surface area contributed by atoms with Gasteiger partial charge in [0.2, 0.25) is 0 Å². The highest BCUT2D eigenvalue weighted by Gasteiger charge is 2.38. The van der Waals surface area contributed by atoms with Gasteiger partial charge in [0.05, 0.1) is 11.0 Å². The van der Waals surface area contributed by atoms with Gasteiger partial charge in [-0.2, -0.15) is 0 Å². The summed E-state index contributed by atoms with van der Waals surface area (Å²) in [6.45, 7) is 4.73. The molecule has 0 N–H and O–H groups in total. The zero-order valence-corrected chi connectivity index (χ0v) is 29.0. The van der Waals surface area contributed by atoms with Crippen molar-refractivity contribution < 1.29 is 0 Å². The summed E-state index contributed by atoms with van der Waals surface area (Å²) in [5, 5.41) is 2.48. The molecule has 1 aliphatic carbocycles. The van der Waals surface area contributed by atoms with Crippen LogP contribution in [0.15, 0.2) is 170 Å². The van der Waals surface area contributed by atoms with E-state index in [9.17, 15) is 0 Å². The molecule has 4 heteroatoms. The summed E-state index contributed by atoms with van der Waals surface area (Å²) in [7, 11) is 0. The molecule has 2 heterocycles. The molecule has 4 nitrogen and oxygen atoms in total. The van der Waals surface area contributed by atoms with Crippen LogP contribution in [0.1, 0.15) is 25.0 Å². The van der Waals surface area contributed by atoms with Gasteiger partial charge in [-0.15, -0.1) is 0 Å². The van der Waals surface area contributed by atoms with Gasteiger partial charge in [0.1, 0.15) is 0 Å². The van der Waals surface area contributed by atoms with Crippen LogP contribution in [0.25, 0.3) is 83.9 Å². The molecule has 52 heavy (non-hydrogen) atoms. The zero-order chi connectivity index (χ0) is 34.8. The van der Waals surface area contributed by atoms with E-state index in [-0.39, 0.29) is 5.41 Å². The van der Waals surface area contributed by atoms with Crippen molar-refractivity contribution in [1.82, 2.24) is 19.5 Å². The number of fused-ring (bicyclic) bond motifs is 7. The first-order chi connectivity index (χ1) is 25.5. The molecule has 246 valence electrons. The van der Waals surface area contributed by atoms with Crippen molar-refractivity contribution in [1.29, 1.82) is 0 Å². The third kappa shape index (κ3) is 4.72. The highest BCUT2D eigenvalue weighted by atomic mass is 15.0. The van der Waals surface area contributed by atoms with Gasteiger partial charge in [-0.1, -0.05) is 166 Å². The van der Waals surface area contributed by atoms with Crippen LogP contribution < -0.4 is 0 Å². The van der Waals surface area contributed by atoms with E-state index in [4.69, 9.17) is 15.0 Å². The van der Waals surface area contributed by atoms with Gasteiger partial charge in [0.15, 0.2) is 17.5 Å². The predicted octanol–water partition coefficient (Wildman–Crippen LogP) is 11.9. The molecule has 0 saturated heterocycles. The van der Waals surface area contributed by atoms with Crippen molar-refractivity contribution in [3.05, 3.63) is 181 Å². The zero-order valence-electron chi connectivity index (χ0n) is 29.0. The molecule has 0 spiro atoms. The van der Waals surface area contributed by atoms with Gasteiger partial charge in [-0.3, -0.25) is 0 Å². The predicted molar refractivity (Wildman–Crippen MR) is 213 cm³/mol. The minimum absolute atomic E-state index is 0.194. The van der Waals surface area contributed by atoms with Crippen LogP contribution in [0, 0.1) is 0 Å². The average molecular weight is 667 g/mol. The lowest BCUT2D eigenvalue weighted by atomic mass is 9.81. The Morgan fingerprint density at radius 3 is 1.65 bits per heavy atom. The Kier molecular flexibility index (Phi) is 6.80. The van der Waals surface area contributed by atoms with Gasteiger partial charge in [-0.05, 0) is 51.6 Å². The summed E-state index contributed by atoms with van der Waals surface area (Å²) in [6.07, 6.45) is 0. The Hall–Kier alpha value is -6.65. The van der Waals surface area contributed by atoms with E-state index < -0.39 is 0 Å². The molecule has 1 aliphatic rings. The molecule has 0 fully saturated rings. The van der Waals surface area contributed by atoms with Crippen LogP contribution >= 0.6 is 0 Å². The fraction of sp³-hybridized carbons (Fsp3) is 0.0625. The fourth-order valence-corrected chi connectivity index (χ4v) is 8.16. The van der Waals surface area contributed by atoms with Gasteiger partial charge in [0.25, 0.3) is 0 Å². The smallest absolute Gasteiger partial charge is 0.164 e. The van der Waals surface area contributed by atoms with Crippen molar-refractivity contribution >= 4 is 21.8 Å². The van der Waals surface area contributed by atoms with Crippen molar-refractivity contribution in [2.75, 3.05) is 0 Å². The first-order valence-electron chi connectivity index (χ1n) is 17.8. The van der Waals surface area contributed by atoms with Gasteiger partial charge in [0, 0.05) is 38.6 Å². The summed E-state index contributed by atoms with van der Waals surface area (Å²) < 4.78 is 2.48. The molecule has 9 aromatic rings. The first-order valence-corrected chi connectivity index (χ1v) is 17.8. The third-order valence-corrected chi connectivity index (χ3v) is 10.6. The lowest BCUT2D eigenvalue weighted by Gasteiger charge is -2.23. The van der Waals surface area contributed by atoms with E-state index in [0.717, 1.165) is 22.4 Å². The molecule has 0 atom stereocenters. The summed E-state index contributed by atoms with van der Waals surface area (Å²) in [4.78, 5) is 15.1. The monoisotopic (exact) mass is 666 g/mol. The number of hydrogen-bond donors (Lipinski definition) is 0. The van der Waals surface area contributed by atoms with E-state index in [2.05, 4.69) is 128 Å². The number of rotatable bonds is 5. The minimum Gasteiger partial charge on any atom is -0.309 e. The van der Waals surface area contributed by atoms with Gasteiger partial charge >= 0.3 is 0 Å². The second-order valence-electron chi connectivity index (χ2n) is 14.1. The second-order valence-corrected chi connectivity index (χ2v) is 14.1. The topological polar surface area (TPSA) is 43.6 Å². The Morgan fingerprint density at radius 2 is 0.981 bits per heavy atom.